The van der Waals surface area contributed by atoms with E-state index in [9.17, 15) is 0 Å². The van der Waals surface area contributed by atoms with Crippen molar-refractivity contribution in [2.75, 3.05) is 39.5 Å². The molecular formula is C12H23N3O2. The lowest BCUT2D eigenvalue weighted by molar-refractivity contribution is 0.00524. The molecule has 2 aliphatic rings. The Morgan fingerprint density at radius 3 is 3.06 bits per heavy atom. The van der Waals surface area contributed by atoms with Gasteiger partial charge >= 0.3 is 0 Å². The van der Waals surface area contributed by atoms with Crippen molar-refractivity contribution in [3.63, 3.8) is 0 Å². The minimum Gasteiger partial charge on any atom is -0.379 e. The Hall–Kier alpha value is -0.810. The molecule has 2 rings (SSSR count). The number of hydrogen-bond acceptors (Lipinski definition) is 3. The van der Waals surface area contributed by atoms with Crippen molar-refractivity contribution in [1.82, 2.24) is 4.90 Å². The molecule has 0 amide bonds. The van der Waals surface area contributed by atoms with Crippen LogP contribution in [0.2, 0.25) is 0 Å². The van der Waals surface area contributed by atoms with Crippen molar-refractivity contribution in [2.24, 2.45) is 16.6 Å². The number of rotatable bonds is 5. The van der Waals surface area contributed by atoms with Crippen LogP contribution in [0.15, 0.2) is 4.99 Å². The Morgan fingerprint density at radius 1 is 1.53 bits per heavy atom. The molecule has 1 saturated carbocycles. The van der Waals surface area contributed by atoms with Gasteiger partial charge in [-0.2, -0.15) is 0 Å². The summed E-state index contributed by atoms with van der Waals surface area (Å²) in [4.78, 5) is 6.42. The molecule has 1 aliphatic carbocycles. The van der Waals surface area contributed by atoms with Crippen LogP contribution in [0, 0.1) is 5.92 Å². The predicted molar refractivity (Wildman–Crippen MR) is 67.0 cm³/mol. The molecule has 1 heterocycles. The van der Waals surface area contributed by atoms with Gasteiger partial charge in [0.1, 0.15) is 0 Å². The molecule has 0 aromatic carbocycles. The van der Waals surface area contributed by atoms with Crippen LogP contribution in [0.5, 0.6) is 0 Å². The van der Waals surface area contributed by atoms with E-state index in [2.05, 4.69) is 16.8 Å². The van der Waals surface area contributed by atoms with Gasteiger partial charge in [-0.15, -0.1) is 0 Å². The maximum absolute atomic E-state index is 5.93. The van der Waals surface area contributed by atoms with E-state index >= 15 is 0 Å². The molecule has 0 aromatic rings. The van der Waals surface area contributed by atoms with Crippen LogP contribution in [0.25, 0.3) is 0 Å². The first-order valence-corrected chi connectivity index (χ1v) is 6.50. The van der Waals surface area contributed by atoms with E-state index in [0.29, 0.717) is 19.1 Å². The van der Waals surface area contributed by atoms with Crippen LogP contribution >= 0.6 is 0 Å². The van der Waals surface area contributed by atoms with Gasteiger partial charge in [0.25, 0.3) is 0 Å². The normalized spacial score (nSPS) is 26.3. The lowest BCUT2D eigenvalue weighted by Crippen LogP contribution is -2.48. The van der Waals surface area contributed by atoms with E-state index in [0.717, 1.165) is 32.2 Å². The summed E-state index contributed by atoms with van der Waals surface area (Å²) in [5.74, 6) is 1.44. The topological polar surface area (TPSA) is 60.1 Å². The summed E-state index contributed by atoms with van der Waals surface area (Å²) in [6.07, 6.45) is 2.90. The number of ether oxygens (including phenoxy) is 2. The van der Waals surface area contributed by atoms with Crippen LogP contribution in [0.3, 0.4) is 0 Å². The van der Waals surface area contributed by atoms with Crippen LogP contribution < -0.4 is 5.73 Å². The van der Waals surface area contributed by atoms with Crippen molar-refractivity contribution < 1.29 is 9.47 Å². The largest absolute Gasteiger partial charge is 0.379 e. The molecule has 1 atom stereocenters. The first-order chi connectivity index (χ1) is 8.25. The van der Waals surface area contributed by atoms with Crippen molar-refractivity contribution in [3.8, 4) is 0 Å². The van der Waals surface area contributed by atoms with Crippen LogP contribution in [0.4, 0.5) is 0 Å². The molecule has 0 radical (unpaired) electrons. The van der Waals surface area contributed by atoms with Gasteiger partial charge in [0.15, 0.2) is 5.96 Å². The Balaban J connectivity index is 1.61. The fourth-order valence-corrected chi connectivity index (χ4v) is 1.89. The Labute approximate surface area is 103 Å². The van der Waals surface area contributed by atoms with Gasteiger partial charge in [0, 0.05) is 19.7 Å². The monoisotopic (exact) mass is 241 g/mol. The molecule has 5 heteroatoms. The molecule has 2 fully saturated rings. The van der Waals surface area contributed by atoms with Gasteiger partial charge in [-0.3, -0.25) is 4.99 Å². The number of hydrogen-bond donors (Lipinski definition) is 1. The number of aliphatic imine (C=N–C) groups is 1. The molecule has 1 aliphatic heterocycles. The van der Waals surface area contributed by atoms with Crippen LogP contribution in [0.1, 0.15) is 19.8 Å². The average Bonchev–Trinajstić information content (AvgIpc) is 3.12. The zero-order chi connectivity index (χ0) is 12.1. The lowest BCUT2D eigenvalue weighted by atomic mass is 10.3. The van der Waals surface area contributed by atoms with E-state index in [1.165, 1.54) is 12.8 Å². The maximum Gasteiger partial charge on any atom is 0.191 e. The Kier molecular flexibility index (Phi) is 4.62. The third-order valence-corrected chi connectivity index (χ3v) is 3.12. The van der Waals surface area contributed by atoms with Crippen LogP contribution in [-0.2, 0) is 9.47 Å². The highest BCUT2D eigenvalue weighted by Gasteiger charge is 2.21. The second-order valence-electron chi connectivity index (χ2n) is 4.89. The molecule has 0 bridgehead atoms. The fourth-order valence-electron chi connectivity index (χ4n) is 1.89. The molecular weight excluding hydrogens is 218 g/mol. The van der Waals surface area contributed by atoms with E-state index in [-0.39, 0.29) is 6.10 Å². The van der Waals surface area contributed by atoms with E-state index in [1.54, 1.807) is 0 Å². The highest BCUT2D eigenvalue weighted by Crippen LogP contribution is 2.28. The SMILES string of the molecule is CC1CN(C(N)=NCCOCC2CC2)CCO1. The number of guanidine groups is 1. The third-order valence-electron chi connectivity index (χ3n) is 3.12. The van der Waals surface area contributed by atoms with Gasteiger partial charge in [0.05, 0.1) is 25.9 Å². The highest BCUT2D eigenvalue weighted by atomic mass is 16.5. The van der Waals surface area contributed by atoms with Crippen molar-refractivity contribution >= 4 is 5.96 Å². The summed E-state index contributed by atoms with van der Waals surface area (Å²) in [5, 5.41) is 0. The first kappa shape index (κ1) is 12.6. The van der Waals surface area contributed by atoms with Crippen molar-refractivity contribution in [1.29, 1.82) is 0 Å². The van der Waals surface area contributed by atoms with E-state index < -0.39 is 0 Å². The molecule has 98 valence electrons. The zero-order valence-electron chi connectivity index (χ0n) is 10.6. The van der Waals surface area contributed by atoms with Gasteiger partial charge in [0.2, 0.25) is 0 Å². The standard InChI is InChI=1S/C12H23N3O2/c1-10-8-15(5-7-17-10)12(13)14-4-6-16-9-11-2-3-11/h10-11H,2-9H2,1H3,(H2,13,14). The maximum atomic E-state index is 5.93. The summed E-state index contributed by atoms with van der Waals surface area (Å²) in [6.45, 7) is 6.68. The number of nitrogens with zero attached hydrogens (tertiary/aromatic N) is 2. The quantitative estimate of drug-likeness (QED) is 0.431. The average molecular weight is 241 g/mol. The van der Waals surface area contributed by atoms with Gasteiger partial charge < -0.3 is 20.1 Å². The second-order valence-corrected chi connectivity index (χ2v) is 4.89. The molecule has 1 unspecified atom stereocenters. The number of nitrogens with two attached hydrogens (primary N) is 1. The summed E-state index contributed by atoms with van der Waals surface area (Å²) in [6, 6.07) is 0. The minimum absolute atomic E-state index is 0.239. The van der Waals surface area contributed by atoms with E-state index in [1.807, 2.05) is 0 Å². The minimum atomic E-state index is 0.239. The highest BCUT2D eigenvalue weighted by molar-refractivity contribution is 5.78. The zero-order valence-corrected chi connectivity index (χ0v) is 10.6. The summed E-state index contributed by atoms with van der Waals surface area (Å²) >= 11 is 0. The molecule has 17 heavy (non-hydrogen) atoms. The second kappa shape index (κ2) is 6.21. The Morgan fingerprint density at radius 2 is 2.35 bits per heavy atom. The molecule has 1 saturated heterocycles. The summed E-state index contributed by atoms with van der Waals surface area (Å²) in [5.41, 5.74) is 5.93. The molecule has 0 spiro atoms. The summed E-state index contributed by atoms with van der Waals surface area (Å²) < 4.78 is 11.0. The molecule has 0 aromatic heterocycles. The number of morpholine rings is 1. The summed E-state index contributed by atoms with van der Waals surface area (Å²) in [7, 11) is 0. The predicted octanol–water partition coefficient (Wildman–Crippen LogP) is 0.448. The molecule has 2 N–H and O–H groups in total. The third kappa shape index (κ3) is 4.52. The lowest BCUT2D eigenvalue weighted by Gasteiger charge is -2.31. The van der Waals surface area contributed by atoms with Gasteiger partial charge in [-0.25, -0.2) is 0 Å². The Bertz CT molecular complexity index is 266. The van der Waals surface area contributed by atoms with Crippen LogP contribution in [-0.4, -0.2) is 56.4 Å². The smallest absolute Gasteiger partial charge is 0.191 e. The fraction of sp³-hybridized carbons (Fsp3) is 0.917. The molecule has 5 nitrogen and oxygen atoms in total. The van der Waals surface area contributed by atoms with Crippen molar-refractivity contribution in [2.45, 2.75) is 25.9 Å². The first-order valence-electron chi connectivity index (χ1n) is 6.50. The van der Waals surface area contributed by atoms with Gasteiger partial charge in [-0.1, -0.05) is 0 Å². The van der Waals surface area contributed by atoms with E-state index in [4.69, 9.17) is 15.2 Å². The van der Waals surface area contributed by atoms with Gasteiger partial charge in [-0.05, 0) is 25.7 Å². The van der Waals surface area contributed by atoms with Crippen molar-refractivity contribution in [3.05, 3.63) is 0 Å².